The number of alkyl halides is 3. The van der Waals surface area contributed by atoms with Crippen LogP contribution >= 0.6 is 0 Å². The third-order valence-electron chi connectivity index (χ3n) is 2.08. The van der Waals surface area contributed by atoms with Crippen LogP contribution in [0.25, 0.3) is 0 Å². The predicted octanol–water partition coefficient (Wildman–Crippen LogP) is 2.56. The molecule has 0 saturated carbocycles. The average molecular weight is 285 g/mol. The van der Waals surface area contributed by atoms with Gasteiger partial charge in [-0.15, -0.1) is 0 Å². The minimum Gasteiger partial charge on any atom is -0.461 e. The highest BCUT2D eigenvalue weighted by Gasteiger charge is 2.29. The van der Waals surface area contributed by atoms with Gasteiger partial charge in [0.2, 0.25) is 5.71 Å². The van der Waals surface area contributed by atoms with Crippen LogP contribution in [-0.4, -0.2) is 18.3 Å². The lowest BCUT2D eigenvalue weighted by atomic mass is 10.2. The van der Waals surface area contributed by atoms with Crippen molar-refractivity contribution in [2.24, 2.45) is 5.10 Å². The van der Waals surface area contributed by atoms with Crippen LogP contribution in [-0.2, 0) is 15.7 Å². The predicted molar refractivity (Wildman–Crippen MR) is 64.7 cm³/mol. The number of nitrogens with one attached hydrogen (secondary N) is 1. The first-order valence-corrected chi connectivity index (χ1v) is 5.46. The van der Waals surface area contributed by atoms with Gasteiger partial charge in [0.15, 0.2) is 0 Å². The maximum absolute atomic E-state index is 12.3. The Hall–Kier alpha value is -2.56. The number of hydrazone groups is 1. The second-order valence-electron chi connectivity index (χ2n) is 3.48. The second kappa shape index (κ2) is 6.56. The summed E-state index contributed by atoms with van der Waals surface area (Å²) in [6, 6.07) is 5.50. The van der Waals surface area contributed by atoms with E-state index in [1.54, 1.807) is 6.92 Å². The van der Waals surface area contributed by atoms with Gasteiger partial charge in [-0.05, 0) is 31.2 Å². The van der Waals surface area contributed by atoms with Crippen LogP contribution < -0.4 is 5.43 Å². The maximum atomic E-state index is 12.3. The molecule has 0 unspecified atom stereocenters. The molecule has 0 spiro atoms. The lowest BCUT2D eigenvalue weighted by Crippen LogP contribution is -2.17. The number of hydrogen-bond acceptors (Lipinski definition) is 5. The Bertz CT molecular complexity index is 545. The van der Waals surface area contributed by atoms with Gasteiger partial charge in [-0.25, -0.2) is 4.79 Å². The molecule has 1 N–H and O–H groups in total. The molecule has 1 rings (SSSR count). The number of rotatable bonds is 4. The molecule has 1 aromatic rings. The molecular formula is C12H10F3N3O2. The van der Waals surface area contributed by atoms with E-state index < -0.39 is 23.4 Å². The van der Waals surface area contributed by atoms with Crippen LogP contribution in [0.3, 0.4) is 0 Å². The monoisotopic (exact) mass is 285 g/mol. The van der Waals surface area contributed by atoms with E-state index in [0.717, 1.165) is 24.3 Å². The van der Waals surface area contributed by atoms with Gasteiger partial charge < -0.3 is 4.74 Å². The number of hydrogen-bond donors (Lipinski definition) is 1. The Kier molecular flexibility index (Phi) is 5.08. The van der Waals surface area contributed by atoms with Crippen LogP contribution in [0, 0.1) is 11.3 Å². The lowest BCUT2D eigenvalue weighted by molar-refractivity contribution is -0.137. The van der Waals surface area contributed by atoms with Crippen LogP contribution in [0.5, 0.6) is 0 Å². The van der Waals surface area contributed by atoms with Crippen molar-refractivity contribution in [2.45, 2.75) is 13.1 Å². The molecule has 0 bridgehead atoms. The molecule has 8 heteroatoms. The molecule has 0 radical (unpaired) electrons. The van der Waals surface area contributed by atoms with Gasteiger partial charge in [0.25, 0.3) is 0 Å². The number of ether oxygens (including phenoxy) is 1. The fourth-order valence-corrected chi connectivity index (χ4v) is 1.17. The summed E-state index contributed by atoms with van der Waals surface area (Å²) >= 11 is 0. The SMILES string of the molecule is CCOC(=O)/C(C#N)=N/Nc1ccc(C(F)(F)F)cc1. The molecule has 0 aliphatic heterocycles. The molecule has 0 atom stereocenters. The molecule has 0 aliphatic carbocycles. The van der Waals surface area contributed by atoms with Gasteiger partial charge >= 0.3 is 12.1 Å². The van der Waals surface area contributed by atoms with E-state index in [0.29, 0.717) is 0 Å². The first-order valence-electron chi connectivity index (χ1n) is 5.46. The first kappa shape index (κ1) is 15.5. The smallest absolute Gasteiger partial charge is 0.416 e. The molecule has 20 heavy (non-hydrogen) atoms. The number of anilines is 1. The van der Waals surface area contributed by atoms with E-state index in [-0.39, 0.29) is 12.3 Å². The largest absolute Gasteiger partial charge is 0.461 e. The summed E-state index contributed by atoms with van der Waals surface area (Å²) in [4.78, 5) is 11.2. The fraction of sp³-hybridized carbons (Fsp3) is 0.250. The third-order valence-corrected chi connectivity index (χ3v) is 2.08. The zero-order valence-electron chi connectivity index (χ0n) is 10.4. The van der Waals surface area contributed by atoms with E-state index in [1.165, 1.54) is 6.07 Å². The highest BCUT2D eigenvalue weighted by Crippen LogP contribution is 2.29. The molecule has 0 aliphatic rings. The number of benzene rings is 1. The topological polar surface area (TPSA) is 74.5 Å². The molecular weight excluding hydrogens is 275 g/mol. The summed E-state index contributed by atoms with van der Waals surface area (Å²) in [7, 11) is 0. The van der Waals surface area contributed by atoms with E-state index in [1.807, 2.05) is 0 Å². The van der Waals surface area contributed by atoms with Crippen molar-refractivity contribution >= 4 is 17.4 Å². The number of esters is 1. The highest BCUT2D eigenvalue weighted by atomic mass is 19.4. The summed E-state index contributed by atoms with van der Waals surface area (Å²) in [6.45, 7) is 1.65. The van der Waals surface area contributed by atoms with Gasteiger partial charge in [-0.1, -0.05) is 0 Å². The fourth-order valence-electron chi connectivity index (χ4n) is 1.17. The molecule has 5 nitrogen and oxygen atoms in total. The summed E-state index contributed by atoms with van der Waals surface area (Å²) in [5, 5.41) is 12.2. The van der Waals surface area contributed by atoms with Crippen molar-refractivity contribution in [1.29, 1.82) is 5.26 Å². The second-order valence-corrected chi connectivity index (χ2v) is 3.48. The Morgan fingerprint density at radius 3 is 2.45 bits per heavy atom. The van der Waals surface area contributed by atoms with Crippen LogP contribution in [0.1, 0.15) is 12.5 Å². The maximum Gasteiger partial charge on any atom is 0.416 e. The molecule has 1 aromatic carbocycles. The quantitative estimate of drug-likeness (QED) is 0.524. The molecule has 0 aromatic heterocycles. The van der Waals surface area contributed by atoms with Gasteiger partial charge in [-0.3, -0.25) is 5.43 Å². The zero-order valence-corrected chi connectivity index (χ0v) is 10.4. The van der Waals surface area contributed by atoms with Gasteiger partial charge in [0.1, 0.15) is 6.07 Å². The van der Waals surface area contributed by atoms with Gasteiger partial charge in [-0.2, -0.15) is 23.5 Å². The first-order chi connectivity index (χ1) is 9.38. The lowest BCUT2D eigenvalue weighted by Gasteiger charge is -2.07. The summed E-state index contributed by atoms with van der Waals surface area (Å²) in [5.74, 6) is -0.908. The summed E-state index contributed by atoms with van der Waals surface area (Å²) in [6.07, 6.45) is -4.43. The summed E-state index contributed by atoms with van der Waals surface area (Å²) in [5.41, 5.74) is 1.19. The third kappa shape index (κ3) is 4.28. The van der Waals surface area contributed by atoms with Crippen LogP contribution in [0.4, 0.5) is 18.9 Å². The Balaban J connectivity index is 2.79. The van der Waals surface area contributed by atoms with Crippen molar-refractivity contribution in [3.05, 3.63) is 29.8 Å². The average Bonchev–Trinajstić information content (AvgIpc) is 2.39. The molecule has 106 valence electrons. The number of halogens is 3. The minimum absolute atomic E-state index is 0.0831. The standard InChI is InChI=1S/C12H10F3N3O2/c1-2-20-11(19)10(7-16)18-17-9-5-3-8(4-6-9)12(13,14)15/h3-6,17H,2H2,1H3/b18-10+. The van der Waals surface area contributed by atoms with E-state index in [2.05, 4.69) is 15.3 Å². The summed E-state index contributed by atoms with van der Waals surface area (Å²) < 4.78 is 41.5. The number of carbonyl (C=O) groups excluding carboxylic acids is 1. The molecule has 0 amide bonds. The highest BCUT2D eigenvalue weighted by molar-refractivity contribution is 6.43. The minimum atomic E-state index is -4.43. The Labute approximate surface area is 112 Å². The van der Waals surface area contributed by atoms with Crippen molar-refractivity contribution in [2.75, 3.05) is 12.0 Å². The number of carbonyl (C=O) groups is 1. The van der Waals surface area contributed by atoms with Gasteiger partial charge in [0, 0.05) is 0 Å². The molecule has 0 saturated heterocycles. The van der Waals surface area contributed by atoms with Crippen molar-refractivity contribution in [3.63, 3.8) is 0 Å². The normalized spacial score (nSPS) is 11.7. The van der Waals surface area contributed by atoms with E-state index >= 15 is 0 Å². The zero-order chi connectivity index (χ0) is 15.2. The van der Waals surface area contributed by atoms with Crippen molar-refractivity contribution in [3.8, 4) is 6.07 Å². The van der Waals surface area contributed by atoms with Crippen molar-refractivity contribution < 1.29 is 22.7 Å². The number of nitrogens with zero attached hydrogens (tertiary/aromatic N) is 2. The van der Waals surface area contributed by atoms with Crippen LogP contribution in [0.2, 0.25) is 0 Å². The Morgan fingerprint density at radius 2 is 2.00 bits per heavy atom. The van der Waals surface area contributed by atoms with Gasteiger partial charge in [0.05, 0.1) is 17.9 Å². The van der Waals surface area contributed by atoms with Crippen LogP contribution in [0.15, 0.2) is 29.4 Å². The van der Waals surface area contributed by atoms with Crippen molar-refractivity contribution in [1.82, 2.24) is 0 Å². The van der Waals surface area contributed by atoms with E-state index in [9.17, 15) is 18.0 Å². The Morgan fingerprint density at radius 1 is 1.40 bits per heavy atom. The number of nitriles is 1. The molecule has 0 fully saturated rings. The molecule has 0 heterocycles. The van der Waals surface area contributed by atoms with E-state index in [4.69, 9.17) is 5.26 Å².